The Hall–Kier alpha value is -3.03. The summed E-state index contributed by atoms with van der Waals surface area (Å²) in [4.78, 5) is 32.9. The number of methoxy groups -OCH3 is 1. The third-order valence-electron chi connectivity index (χ3n) is 5.52. The summed E-state index contributed by atoms with van der Waals surface area (Å²) in [7, 11) is 1.38. The van der Waals surface area contributed by atoms with E-state index < -0.39 is 5.97 Å². The van der Waals surface area contributed by atoms with Crippen molar-refractivity contribution in [3.63, 3.8) is 0 Å². The molecule has 7 heteroatoms. The fraction of sp³-hybridized carbons (Fsp3) is 0.208. The normalized spacial score (nSPS) is 13.1. The van der Waals surface area contributed by atoms with Gasteiger partial charge in [0.15, 0.2) is 0 Å². The molecular weight excluding hydrogens is 428 g/mol. The molecule has 1 aliphatic carbocycles. The van der Waals surface area contributed by atoms with Crippen molar-refractivity contribution in [1.29, 1.82) is 0 Å². The zero-order valence-corrected chi connectivity index (χ0v) is 18.6. The standard InChI is InChI=1S/C24H20N2O3S2/c1-29-24(28)21-15-8-3-5-10-19(15)31-23(21)26-22(27)16-13-18(20-11-6-12-30-20)25-17-9-4-2-7-14(16)17/h2,4,6-7,9,11-13H,3,5,8,10H2,1H3,(H,26,27). The lowest BCUT2D eigenvalue weighted by atomic mass is 9.95. The highest BCUT2D eigenvalue weighted by atomic mass is 32.1. The fourth-order valence-corrected chi connectivity index (χ4v) is 6.01. The summed E-state index contributed by atoms with van der Waals surface area (Å²) in [6.07, 6.45) is 3.91. The predicted octanol–water partition coefficient (Wildman–Crippen LogP) is 5.94. The number of esters is 1. The van der Waals surface area contributed by atoms with Crippen LogP contribution in [0, 0.1) is 0 Å². The van der Waals surface area contributed by atoms with Gasteiger partial charge in [-0.3, -0.25) is 4.79 Å². The zero-order chi connectivity index (χ0) is 21.4. The second kappa shape index (κ2) is 8.24. The van der Waals surface area contributed by atoms with E-state index >= 15 is 0 Å². The quantitative estimate of drug-likeness (QED) is 0.392. The Morgan fingerprint density at radius 1 is 1.10 bits per heavy atom. The highest BCUT2D eigenvalue weighted by Gasteiger charge is 2.27. The highest BCUT2D eigenvalue weighted by Crippen LogP contribution is 2.39. The van der Waals surface area contributed by atoms with Crippen molar-refractivity contribution in [3.05, 3.63) is 69.4 Å². The lowest BCUT2D eigenvalue weighted by molar-refractivity contribution is 0.0601. The van der Waals surface area contributed by atoms with Gasteiger partial charge in [0.2, 0.25) is 0 Å². The van der Waals surface area contributed by atoms with Crippen LogP contribution in [0.2, 0.25) is 0 Å². The minimum atomic E-state index is -0.395. The Morgan fingerprint density at radius 3 is 2.74 bits per heavy atom. The number of carbonyl (C=O) groups is 2. The van der Waals surface area contributed by atoms with Gasteiger partial charge in [0.05, 0.1) is 34.3 Å². The van der Waals surface area contributed by atoms with Crippen molar-refractivity contribution < 1.29 is 14.3 Å². The summed E-state index contributed by atoms with van der Waals surface area (Å²) in [5.41, 5.74) is 3.59. The topological polar surface area (TPSA) is 68.3 Å². The molecule has 1 aliphatic rings. The second-order valence-electron chi connectivity index (χ2n) is 7.41. The van der Waals surface area contributed by atoms with Crippen molar-refractivity contribution in [3.8, 4) is 10.6 Å². The van der Waals surface area contributed by atoms with Gasteiger partial charge in [-0.15, -0.1) is 22.7 Å². The molecule has 0 radical (unpaired) electrons. The molecule has 0 saturated carbocycles. The smallest absolute Gasteiger partial charge is 0.341 e. The molecule has 1 amide bonds. The molecule has 5 nitrogen and oxygen atoms in total. The number of pyridine rings is 1. The maximum absolute atomic E-state index is 13.4. The van der Waals surface area contributed by atoms with Gasteiger partial charge in [-0.25, -0.2) is 9.78 Å². The largest absolute Gasteiger partial charge is 0.465 e. The lowest BCUT2D eigenvalue weighted by Gasteiger charge is -2.12. The Kier molecular flexibility index (Phi) is 5.29. The van der Waals surface area contributed by atoms with Crippen LogP contribution in [-0.4, -0.2) is 24.0 Å². The molecule has 0 saturated heterocycles. The number of thiophene rings is 2. The SMILES string of the molecule is COC(=O)c1c(NC(=O)c2cc(-c3cccs3)nc3ccccc23)sc2c1CCCC2. The number of nitrogens with zero attached hydrogens (tertiary/aromatic N) is 1. The van der Waals surface area contributed by atoms with E-state index in [1.165, 1.54) is 23.3 Å². The van der Waals surface area contributed by atoms with Crippen LogP contribution in [-0.2, 0) is 17.6 Å². The van der Waals surface area contributed by atoms with E-state index in [0.717, 1.165) is 52.7 Å². The number of rotatable bonds is 4. The summed E-state index contributed by atoms with van der Waals surface area (Å²) in [5.74, 6) is -0.645. The highest BCUT2D eigenvalue weighted by molar-refractivity contribution is 7.17. The summed E-state index contributed by atoms with van der Waals surface area (Å²) >= 11 is 3.07. The Labute approximate surface area is 187 Å². The van der Waals surface area contributed by atoms with Crippen LogP contribution in [0.25, 0.3) is 21.5 Å². The van der Waals surface area contributed by atoms with Gasteiger partial charge in [-0.05, 0) is 54.8 Å². The number of amides is 1. The number of benzene rings is 1. The number of carbonyl (C=O) groups excluding carboxylic acids is 2. The molecule has 4 aromatic rings. The number of fused-ring (bicyclic) bond motifs is 2. The van der Waals surface area contributed by atoms with Crippen molar-refractivity contribution >= 4 is 50.5 Å². The molecule has 3 aromatic heterocycles. The summed E-state index contributed by atoms with van der Waals surface area (Å²) in [5, 5.41) is 6.36. The van der Waals surface area contributed by atoms with E-state index in [4.69, 9.17) is 9.72 Å². The Balaban J connectivity index is 1.59. The lowest BCUT2D eigenvalue weighted by Crippen LogP contribution is -2.15. The van der Waals surface area contributed by atoms with Gasteiger partial charge in [-0.1, -0.05) is 24.3 Å². The second-order valence-corrected chi connectivity index (χ2v) is 9.46. The van der Waals surface area contributed by atoms with Gasteiger partial charge >= 0.3 is 5.97 Å². The van der Waals surface area contributed by atoms with Crippen molar-refractivity contribution in [2.75, 3.05) is 12.4 Å². The molecule has 1 aromatic carbocycles. The van der Waals surface area contributed by atoms with Gasteiger partial charge in [0.1, 0.15) is 5.00 Å². The van der Waals surface area contributed by atoms with Crippen LogP contribution in [0.5, 0.6) is 0 Å². The first-order valence-electron chi connectivity index (χ1n) is 10.1. The van der Waals surface area contributed by atoms with Gasteiger partial charge in [-0.2, -0.15) is 0 Å². The molecule has 0 fully saturated rings. The van der Waals surface area contributed by atoms with Crippen LogP contribution in [0.4, 0.5) is 5.00 Å². The van der Waals surface area contributed by atoms with Crippen LogP contribution >= 0.6 is 22.7 Å². The average molecular weight is 449 g/mol. The van der Waals surface area contributed by atoms with Crippen molar-refractivity contribution in [2.45, 2.75) is 25.7 Å². The number of ether oxygens (including phenoxy) is 1. The summed E-state index contributed by atoms with van der Waals surface area (Å²) in [6, 6.07) is 13.4. The van der Waals surface area contributed by atoms with Gasteiger partial charge in [0, 0.05) is 10.3 Å². The van der Waals surface area contributed by atoms with Gasteiger partial charge < -0.3 is 10.1 Å². The first-order chi connectivity index (χ1) is 15.2. The molecule has 0 aliphatic heterocycles. The molecule has 0 atom stereocenters. The van der Waals surface area contributed by atoms with Crippen molar-refractivity contribution in [1.82, 2.24) is 4.98 Å². The van der Waals surface area contributed by atoms with Crippen LogP contribution in [0.1, 0.15) is 44.0 Å². The number of hydrogen-bond acceptors (Lipinski definition) is 6. The van der Waals surface area contributed by atoms with E-state index in [1.807, 2.05) is 47.8 Å². The minimum Gasteiger partial charge on any atom is -0.465 e. The third kappa shape index (κ3) is 3.64. The maximum atomic E-state index is 13.4. The molecule has 0 spiro atoms. The third-order valence-corrected chi connectivity index (χ3v) is 7.62. The first kappa shape index (κ1) is 19.9. The fourth-order valence-electron chi connectivity index (χ4n) is 4.06. The monoisotopic (exact) mass is 448 g/mol. The number of anilines is 1. The minimum absolute atomic E-state index is 0.250. The summed E-state index contributed by atoms with van der Waals surface area (Å²) in [6.45, 7) is 0. The van der Waals surface area contributed by atoms with E-state index in [1.54, 1.807) is 11.3 Å². The van der Waals surface area contributed by atoms with Crippen LogP contribution in [0.3, 0.4) is 0 Å². The molecule has 1 N–H and O–H groups in total. The van der Waals surface area contributed by atoms with Crippen LogP contribution in [0.15, 0.2) is 47.8 Å². The number of para-hydroxylation sites is 1. The van der Waals surface area contributed by atoms with Crippen molar-refractivity contribution in [2.24, 2.45) is 0 Å². The van der Waals surface area contributed by atoms with E-state index in [2.05, 4.69) is 5.32 Å². The molecule has 0 bridgehead atoms. The van der Waals surface area contributed by atoms with E-state index in [0.29, 0.717) is 16.1 Å². The van der Waals surface area contributed by atoms with Gasteiger partial charge in [0.25, 0.3) is 5.91 Å². The Morgan fingerprint density at radius 2 is 1.94 bits per heavy atom. The van der Waals surface area contributed by atoms with E-state index in [-0.39, 0.29) is 5.91 Å². The Bertz CT molecular complexity index is 1290. The number of aryl methyl sites for hydroxylation is 1. The molecule has 31 heavy (non-hydrogen) atoms. The molecule has 156 valence electrons. The summed E-state index contributed by atoms with van der Waals surface area (Å²) < 4.78 is 5.03. The predicted molar refractivity (Wildman–Crippen MR) is 125 cm³/mol. The van der Waals surface area contributed by atoms with Crippen LogP contribution < -0.4 is 5.32 Å². The first-order valence-corrected chi connectivity index (χ1v) is 11.8. The molecule has 0 unspecified atom stereocenters. The number of aromatic nitrogens is 1. The average Bonchev–Trinajstić information content (AvgIpc) is 3.46. The zero-order valence-electron chi connectivity index (χ0n) is 16.9. The van der Waals surface area contributed by atoms with E-state index in [9.17, 15) is 9.59 Å². The molecular formula is C24H20N2O3S2. The molecule has 5 rings (SSSR count). The maximum Gasteiger partial charge on any atom is 0.341 e. The number of nitrogens with one attached hydrogen (secondary N) is 1. The molecule has 3 heterocycles. The number of hydrogen-bond donors (Lipinski definition) is 1.